The first-order chi connectivity index (χ1) is 8.11. The SMILES string of the molecule is [C-]#[N+]/C(C(=O)OCC)=C(\Br)c1ccccc1Cl. The lowest BCUT2D eigenvalue weighted by Crippen LogP contribution is -2.06. The van der Waals surface area contributed by atoms with Crippen LogP contribution < -0.4 is 0 Å². The Balaban J connectivity index is 3.24. The van der Waals surface area contributed by atoms with Crippen LogP contribution in [0, 0.1) is 6.57 Å². The van der Waals surface area contributed by atoms with E-state index in [1.54, 1.807) is 31.2 Å². The van der Waals surface area contributed by atoms with Gasteiger partial charge in [0.05, 0.1) is 13.2 Å². The second kappa shape index (κ2) is 6.43. The Morgan fingerprint density at radius 1 is 1.53 bits per heavy atom. The van der Waals surface area contributed by atoms with Crippen LogP contribution in [0.15, 0.2) is 30.0 Å². The molecule has 0 bridgehead atoms. The van der Waals surface area contributed by atoms with E-state index in [0.717, 1.165) is 0 Å². The van der Waals surface area contributed by atoms with Crippen molar-refractivity contribution in [2.24, 2.45) is 0 Å². The fraction of sp³-hybridized carbons (Fsp3) is 0.167. The van der Waals surface area contributed by atoms with Gasteiger partial charge in [0.25, 0.3) is 5.70 Å². The molecule has 5 heteroatoms. The van der Waals surface area contributed by atoms with Gasteiger partial charge in [-0.15, -0.1) is 0 Å². The highest BCUT2D eigenvalue weighted by atomic mass is 79.9. The molecule has 0 spiro atoms. The van der Waals surface area contributed by atoms with Crippen LogP contribution in [0.1, 0.15) is 12.5 Å². The molecule has 0 aliphatic heterocycles. The molecule has 0 atom stereocenters. The van der Waals surface area contributed by atoms with E-state index in [1.165, 1.54) is 0 Å². The normalized spacial score (nSPS) is 11.4. The Morgan fingerprint density at radius 2 is 2.18 bits per heavy atom. The van der Waals surface area contributed by atoms with Gasteiger partial charge in [0.1, 0.15) is 0 Å². The van der Waals surface area contributed by atoms with Gasteiger partial charge < -0.3 is 4.74 Å². The number of carbonyl (C=O) groups is 1. The van der Waals surface area contributed by atoms with Gasteiger partial charge >= 0.3 is 5.97 Å². The van der Waals surface area contributed by atoms with Crippen LogP contribution in [0.3, 0.4) is 0 Å². The van der Waals surface area contributed by atoms with Gasteiger partial charge in [-0.1, -0.05) is 45.7 Å². The van der Waals surface area contributed by atoms with Crippen molar-refractivity contribution in [2.75, 3.05) is 6.61 Å². The first kappa shape index (κ1) is 13.8. The minimum Gasteiger partial charge on any atom is -0.471 e. The average molecular weight is 315 g/mol. The van der Waals surface area contributed by atoms with E-state index in [4.69, 9.17) is 22.9 Å². The van der Waals surface area contributed by atoms with Gasteiger partial charge in [-0.05, 0) is 18.6 Å². The molecule has 0 aliphatic rings. The number of hydrogen-bond acceptors (Lipinski definition) is 2. The van der Waals surface area contributed by atoms with Gasteiger partial charge in [0.15, 0.2) is 0 Å². The summed E-state index contributed by atoms with van der Waals surface area (Å²) in [6.45, 7) is 8.92. The Bertz CT molecular complexity index is 505. The summed E-state index contributed by atoms with van der Waals surface area (Å²) in [5.74, 6) is -0.658. The number of esters is 1. The Kier molecular flexibility index (Phi) is 5.20. The number of nitrogens with zero attached hydrogens (tertiary/aromatic N) is 1. The Labute approximate surface area is 113 Å². The zero-order chi connectivity index (χ0) is 12.8. The van der Waals surface area contributed by atoms with Crippen molar-refractivity contribution < 1.29 is 9.53 Å². The Hall–Kier alpha value is -1.31. The molecule has 0 aromatic heterocycles. The zero-order valence-corrected chi connectivity index (χ0v) is 11.4. The number of benzene rings is 1. The summed E-state index contributed by atoms with van der Waals surface area (Å²) in [6, 6.07) is 6.95. The lowest BCUT2D eigenvalue weighted by Gasteiger charge is -2.06. The molecule has 0 saturated heterocycles. The summed E-state index contributed by atoms with van der Waals surface area (Å²) in [5.41, 5.74) is 0.480. The van der Waals surface area contributed by atoms with Crippen molar-refractivity contribution >= 4 is 38.0 Å². The Morgan fingerprint density at radius 3 is 2.71 bits per heavy atom. The third-order valence-electron chi connectivity index (χ3n) is 1.90. The lowest BCUT2D eigenvalue weighted by molar-refractivity contribution is -0.138. The number of rotatable bonds is 3. The van der Waals surface area contributed by atoms with Gasteiger partial charge in [-0.25, -0.2) is 4.85 Å². The van der Waals surface area contributed by atoms with Gasteiger partial charge in [0, 0.05) is 9.51 Å². The first-order valence-corrected chi connectivity index (χ1v) is 5.98. The summed E-state index contributed by atoms with van der Waals surface area (Å²) < 4.78 is 5.14. The van der Waals surface area contributed by atoms with Gasteiger partial charge in [-0.2, -0.15) is 0 Å². The third kappa shape index (κ3) is 3.32. The largest absolute Gasteiger partial charge is 0.471 e. The predicted molar refractivity (Wildman–Crippen MR) is 70.5 cm³/mol. The second-order valence-corrected chi connectivity index (χ2v) is 4.17. The predicted octanol–water partition coefficient (Wildman–Crippen LogP) is 3.89. The van der Waals surface area contributed by atoms with Crippen LogP contribution in [0.5, 0.6) is 0 Å². The highest BCUT2D eigenvalue weighted by Gasteiger charge is 2.18. The number of halogens is 2. The van der Waals surface area contributed by atoms with Crippen LogP contribution in [0.25, 0.3) is 9.33 Å². The molecule has 0 N–H and O–H groups in total. The molecule has 1 rings (SSSR count). The smallest absolute Gasteiger partial charge is 0.337 e. The molecule has 3 nitrogen and oxygen atoms in total. The molecule has 1 aromatic rings. The number of hydrogen-bond donors (Lipinski definition) is 0. The number of carbonyl (C=O) groups excluding carboxylic acids is 1. The fourth-order valence-corrected chi connectivity index (χ4v) is 2.09. The summed E-state index contributed by atoms with van der Waals surface area (Å²) in [4.78, 5) is 14.7. The van der Waals surface area contributed by atoms with Crippen LogP contribution in [0.4, 0.5) is 0 Å². The second-order valence-electron chi connectivity index (χ2n) is 2.97. The van der Waals surface area contributed by atoms with Crippen molar-refractivity contribution in [3.8, 4) is 0 Å². The molecule has 0 radical (unpaired) electrons. The van der Waals surface area contributed by atoms with E-state index >= 15 is 0 Å². The molecule has 17 heavy (non-hydrogen) atoms. The van der Waals surface area contributed by atoms with Crippen molar-refractivity contribution in [1.29, 1.82) is 0 Å². The van der Waals surface area contributed by atoms with Crippen molar-refractivity contribution in [3.63, 3.8) is 0 Å². The van der Waals surface area contributed by atoms with Crippen LogP contribution >= 0.6 is 27.5 Å². The van der Waals surface area contributed by atoms with Crippen molar-refractivity contribution in [1.82, 2.24) is 0 Å². The quantitative estimate of drug-likeness (QED) is 0.481. The van der Waals surface area contributed by atoms with E-state index in [9.17, 15) is 4.79 Å². The van der Waals surface area contributed by atoms with Crippen LogP contribution in [0.2, 0.25) is 5.02 Å². The van der Waals surface area contributed by atoms with Crippen molar-refractivity contribution in [2.45, 2.75) is 6.92 Å². The van der Waals surface area contributed by atoms with Gasteiger partial charge in [-0.3, -0.25) is 4.79 Å². The molecule has 0 heterocycles. The van der Waals surface area contributed by atoms with E-state index in [2.05, 4.69) is 20.8 Å². The highest BCUT2D eigenvalue weighted by molar-refractivity contribution is 9.15. The summed E-state index contributed by atoms with van der Waals surface area (Å²) in [5, 5.41) is 0.463. The fourth-order valence-electron chi connectivity index (χ4n) is 1.15. The van der Waals surface area contributed by atoms with E-state index < -0.39 is 5.97 Å². The van der Waals surface area contributed by atoms with E-state index in [-0.39, 0.29) is 12.3 Å². The molecule has 0 unspecified atom stereocenters. The lowest BCUT2D eigenvalue weighted by atomic mass is 10.2. The molecule has 0 saturated carbocycles. The van der Waals surface area contributed by atoms with Crippen LogP contribution in [-0.4, -0.2) is 12.6 Å². The van der Waals surface area contributed by atoms with Crippen LogP contribution in [-0.2, 0) is 9.53 Å². The minimum absolute atomic E-state index is 0.111. The molecule has 88 valence electrons. The van der Waals surface area contributed by atoms with Gasteiger partial charge in [0.2, 0.25) is 0 Å². The topological polar surface area (TPSA) is 30.7 Å². The highest BCUT2D eigenvalue weighted by Crippen LogP contribution is 2.31. The maximum Gasteiger partial charge on any atom is 0.337 e. The first-order valence-electron chi connectivity index (χ1n) is 4.81. The minimum atomic E-state index is -0.658. The monoisotopic (exact) mass is 313 g/mol. The maximum absolute atomic E-state index is 11.5. The summed E-state index contributed by atoms with van der Waals surface area (Å²) in [7, 11) is 0. The van der Waals surface area contributed by atoms with E-state index in [0.29, 0.717) is 15.1 Å². The molecular formula is C12H9BrClNO2. The molecule has 0 aliphatic carbocycles. The van der Waals surface area contributed by atoms with Crippen molar-refractivity contribution in [3.05, 3.63) is 52.0 Å². The summed E-state index contributed by atoms with van der Waals surface area (Å²) >= 11 is 9.20. The van der Waals surface area contributed by atoms with E-state index in [1.807, 2.05) is 0 Å². The average Bonchev–Trinajstić information content (AvgIpc) is 2.30. The molecule has 1 aromatic carbocycles. The third-order valence-corrected chi connectivity index (χ3v) is 3.03. The molecule has 0 fully saturated rings. The number of ether oxygens (including phenoxy) is 1. The zero-order valence-electron chi connectivity index (χ0n) is 9.04. The molecular weight excluding hydrogens is 305 g/mol. The summed E-state index contributed by atoms with van der Waals surface area (Å²) in [6.07, 6.45) is 0. The molecule has 0 amide bonds. The standard InChI is InChI=1S/C12H9BrClNO2/c1-3-17-12(16)11(15-2)10(13)8-6-4-5-7-9(8)14/h4-7H,3H2,1H3/b11-10-. The maximum atomic E-state index is 11.5.